The summed E-state index contributed by atoms with van der Waals surface area (Å²) in [5, 5.41) is 7.73. The van der Waals surface area contributed by atoms with Crippen LogP contribution in [0.25, 0.3) is 0 Å². The molecule has 0 aromatic heterocycles. The van der Waals surface area contributed by atoms with E-state index in [2.05, 4.69) is 45.9 Å². The molecule has 0 saturated carbocycles. The van der Waals surface area contributed by atoms with Crippen molar-refractivity contribution >= 4 is 5.71 Å². The van der Waals surface area contributed by atoms with E-state index in [1.165, 1.54) is 17.5 Å². The van der Waals surface area contributed by atoms with Gasteiger partial charge in [-0.2, -0.15) is 0 Å². The largest absolute Gasteiger partial charge is 0.305 e. The van der Waals surface area contributed by atoms with E-state index in [0.717, 1.165) is 5.56 Å². The third kappa shape index (κ3) is 1.59. The summed E-state index contributed by atoms with van der Waals surface area (Å²) in [7, 11) is 0. The Hall–Kier alpha value is -1.11. The van der Waals surface area contributed by atoms with Crippen molar-refractivity contribution in [2.75, 3.05) is 0 Å². The number of rotatable bonds is 1. The van der Waals surface area contributed by atoms with E-state index in [9.17, 15) is 0 Å². The Kier molecular flexibility index (Phi) is 2.27. The quantitative estimate of drug-likeness (QED) is 0.684. The Morgan fingerprint density at radius 2 is 1.62 bits per heavy atom. The molecule has 1 heteroatoms. The van der Waals surface area contributed by atoms with Gasteiger partial charge in [0.25, 0.3) is 0 Å². The summed E-state index contributed by atoms with van der Waals surface area (Å²) >= 11 is 0. The van der Waals surface area contributed by atoms with Crippen molar-refractivity contribution in [3.8, 4) is 0 Å². The maximum atomic E-state index is 7.73. The van der Waals surface area contributed by atoms with Crippen LogP contribution in [-0.2, 0) is 10.8 Å². The van der Waals surface area contributed by atoms with Gasteiger partial charge < -0.3 is 5.41 Å². The number of fused-ring (bicyclic) bond motifs is 1. The maximum Gasteiger partial charge on any atom is 0.0355 e. The normalized spacial score (nSPS) is 20.6. The molecule has 0 heterocycles. The fourth-order valence-corrected chi connectivity index (χ4v) is 3.22. The van der Waals surface area contributed by atoms with Gasteiger partial charge in [-0.1, -0.05) is 39.8 Å². The highest BCUT2D eigenvalue weighted by atomic mass is 14.5. The second-order valence-electron chi connectivity index (χ2n) is 6.33. The Labute approximate surface area is 98.4 Å². The molecule has 16 heavy (non-hydrogen) atoms. The van der Waals surface area contributed by atoms with Crippen LogP contribution in [0.15, 0.2) is 18.2 Å². The van der Waals surface area contributed by atoms with E-state index >= 15 is 0 Å². The first-order valence-corrected chi connectivity index (χ1v) is 5.95. The molecule has 0 amide bonds. The number of hydrogen-bond acceptors (Lipinski definition) is 1. The monoisotopic (exact) mass is 215 g/mol. The van der Waals surface area contributed by atoms with E-state index in [4.69, 9.17) is 5.41 Å². The van der Waals surface area contributed by atoms with Crippen molar-refractivity contribution in [2.45, 2.75) is 51.9 Å². The summed E-state index contributed by atoms with van der Waals surface area (Å²) in [5.41, 5.74) is 5.12. The minimum Gasteiger partial charge on any atom is -0.305 e. The molecule has 0 saturated heterocycles. The van der Waals surface area contributed by atoms with Crippen molar-refractivity contribution in [2.24, 2.45) is 0 Å². The van der Waals surface area contributed by atoms with Crippen LogP contribution in [0.3, 0.4) is 0 Å². The summed E-state index contributed by atoms with van der Waals surface area (Å²) in [6.07, 6.45) is 1.19. The molecule has 0 radical (unpaired) electrons. The lowest BCUT2D eigenvalue weighted by Gasteiger charge is -2.22. The topological polar surface area (TPSA) is 23.9 Å². The van der Waals surface area contributed by atoms with Crippen molar-refractivity contribution in [3.05, 3.63) is 34.9 Å². The lowest BCUT2D eigenvalue weighted by molar-refractivity contribution is 0.403. The molecular formula is C15H21N. The van der Waals surface area contributed by atoms with E-state index in [1.807, 2.05) is 6.92 Å². The van der Waals surface area contributed by atoms with Gasteiger partial charge in [0, 0.05) is 5.71 Å². The fraction of sp³-hybridized carbons (Fsp3) is 0.533. The van der Waals surface area contributed by atoms with Crippen LogP contribution in [0.1, 0.15) is 57.7 Å². The van der Waals surface area contributed by atoms with Crippen LogP contribution < -0.4 is 0 Å². The zero-order valence-corrected chi connectivity index (χ0v) is 10.9. The Balaban J connectivity index is 2.63. The summed E-state index contributed by atoms with van der Waals surface area (Å²) in [6.45, 7) is 11.1. The highest BCUT2D eigenvalue weighted by Crippen LogP contribution is 2.49. The molecule has 0 aliphatic heterocycles. The molecule has 1 aromatic rings. The van der Waals surface area contributed by atoms with Gasteiger partial charge in [0.1, 0.15) is 0 Å². The lowest BCUT2D eigenvalue weighted by atomic mass is 9.82. The summed E-state index contributed by atoms with van der Waals surface area (Å²) in [6, 6.07) is 6.52. The molecule has 0 bridgehead atoms. The fourth-order valence-electron chi connectivity index (χ4n) is 3.22. The Bertz CT molecular complexity index is 453. The highest BCUT2D eigenvalue weighted by molar-refractivity contribution is 5.96. The zero-order chi connectivity index (χ0) is 12.1. The molecule has 1 aliphatic carbocycles. The van der Waals surface area contributed by atoms with Gasteiger partial charge in [0.05, 0.1) is 0 Å². The van der Waals surface area contributed by atoms with Crippen molar-refractivity contribution < 1.29 is 0 Å². The first-order chi connectivity index (χ1) is 7.24. The van der Waals surface area contributed by atoms with Gasteiger partial charge in [-0.15, -0.1) is 0 Å². The third-order valence-corrected chi connectivity index (χ3v) is 3.79. The summed E-state index contributed by atoms with van der Waals surface area (Å²) in [5.74, 6) is 0. The van der Waals surface area contributed by atoms with Crippen LogP contribution >= 0.6 is 0 Å². The first-order valence-electron chi connectivity index (χ1n) is 5.95. The van der Waals surface area contributed by atoms with Gasteiger partial charge >= 0.3 is 0 Å². The number of nitrogens with one attached hydrogen (secondary N) is 1. The van der Waals surface area contributed by atoms with E-state index in [1.54, 1.807) is 0 Å². The highest BCUT2D eigenvalue weighted by Gasteiger charge is 2.41. The van der Waals surface area contributed by atoms with E-state index in [-0.39, 0.29) is 10.8 Å². The van der Waals surface area contributed by atoms with Crippen molar-refractivity contribution in [1.82, 2.24) is 0 Å². The van der Waals surface area contributed by atoms with Crippen molar-refractivity contribution in [1.29, 1.82) is 5.41 Å². The van der Waals surface area contributed by atoms with Crippen LogP contribution in [0.4, 0.5) is 0 Å². The van der Waals surface area contributed by atoms with E-state index in [0.29, 0.717) is 5.71 Å². The van der Waals surface area contributed by atoms with Gasteiger partial charge in [0.2, 0.25) is 0 Å². The molecule has 2 rings (SSSR count). The maximum absolute atomic E-state index is 7.73. The van der Waals surface area contributed by atoms with Crippen LogP contribution in [0.2, 0.25) is 0 Å². The molecule has 1 N–H and O–H groups in total. The second kappa shape index (κ2) is 3.19. The van der Waals surface area contributed by atoms with Gasteiger partial charge in [-0.05, 0) is 46.9 Å². The minimum absolute atomic E-state index is 0.240. The van der Waals surface area contributed by atoms with Gasteiger partial charge in [-0.3, -0.25) is 0 Å². The number of benzene rings is 1. The average molecular weight is 215 g/mol. The molecular weight excluding hydrogens is 194 g/mol. The van der Waals surface area contributed by atoms with Gasteiger partial charge in [-0.25, -0.2) is 0 Å². The molecule has 86 valence electrons. The second-order valence-corrected chi connectivity index (χ2v) is 6.33. The lowest BCUT2D eigenvalue weighted by Crippen LogP contribution is -2.18. The number of hydrogen-bond donors (Lipinski definition) is 1. The Morgan fingerprint density at radius 3 is 2.19 bits per heavy atom. The van der Waals surface area contributed by atoms with Crippen LogP contribution in [-0.4, -0.2) is 5.71 Å². The molecule has 1 nitrogen and oxygen atoms in total. The van der Waals surface area contributed by atoms with Crippen LogP contribution in [0.5, 0.6) is 0 Å². The Morgan fingerprint density at radius 1 is 1.06 bits per heavy atom. The smallest absolute Gasteiger partial charge is 0.0355 e. The standard InChI is InChI=1S/C15H21N/c1-10(16)11-6-7-12-13(8-11)15(4,5)9-14(12,2)3/h6-8,16H,9H2,1-5H3. The minimum atomic E-state index is 0.240. The molecule has 0 unspecified atom stereocenters. The van der Waals surface area contributed by atoms with Crippen LogP contribution in [0, 0.1) is 5.41 Å². The predicted octanol–water partition coefficient (Wildman–Crippen LogP) is 4.03. The van der Waals surface area contributed by atoms with E-state index < -0.39 is 0 Å². The SMILES string of the molecule is CC(=N)c1ccc2c(c1)C(C)(C)CC2(C)C. The predicted molar refractivity (Wildman–Crippen MR) is 69.6 cm³/mol. The van der Waals surface area contributed by atoms with Crippen molar-refractivity contribution in [3.63, 3.8) is 0 Å². The molecule has 1 aromatic carbocycles. The third-order valence-electron chi connectivity index (χ3n) is 3.79. The summed E-state index contributed by atoms with van der Waals surface area (Å²) < 4.78 is 0. The van der Waals surface area contributed by atoms with Gasteiger partial charge in [0.15, 0.2) is 0 Å². The average Bonchev–Trinajstić information content (AvgIpc) is 2.32. The zero-order valence-electron chi connectivity index (χ0n) is 10.9. The molecule has 0 atom stereocenters. The first kappa shape index (κ1) is 11.4. The molecule has 1 aliphatic rings. The molecule has 0 fully saturated rings. The molecule has 0 spiro atoms. The summed E-state index contributed by atoms with van der Waals surface area (Å²) in [4.78, 5) is 0.